The van der Waals surface area contributed by atoms with Crippen molar-refractivity contribution < 1.29 is 4.79 Å². The monoisotopic (exact) mass is 227 g/mol. The summed E-state index contributed by atoms with van der Waals surface area (Å²) >= 11 is 2.83. The highest BCUT2D eigenvalue weighted by Gasteiger charge is 1.96. The van der Waals surface area contributed by atoms with Crippen molar-refractivity contribution in [3.63, 3.8) is 0 Å². The molecule has 0 saturated carbocycles. The van der Waals surface area contributed by atoms with Crippen LogP contribution in [0.2, 0.25) is 0 Å². The van der Waals surface area contributed by atoms with Gasteiger partial charge in [-0.3, -0.25) is 4.79 Å². The van der Waals surface area contributed by atoms with E-state index in [0.29, 0.717) is 6.54 Å². The summed E-state index contributed by atoms with van der Waals surface area (Å²) in [5, 5.41) is 2.57. The number of halogens is 1. The van der Waals surface area contributed by atoms with Gasteiger partial charge in [0.05, 0.1) is 18.6 Å². The van der Waals surface area contributed by atoms with E-state index >= 15 is 0 Å². The second-order valence-corrected chi connectivity index (χ2v) is 2.38. The molecule has 0 aliphatic carbocycles. The third-order valence-electron chi connectivity index (χ3n) is 1.16. The third-order valence-corrected chi connectivity index (χ3v) is 1.35. The zero-order valence-electron chi connectivity index (χ0n) is 6.10. The molecule has 0 aliphatic rings. The number of nitrogens with zero attached hydrogens (tertiary/aromatic N) is 1. The van der Waals surface area contributed by atoms with Crippen LogP contribution < -0.4 is 5.32 Å². The van der Waals surface area contributed by atoms with E-state index in [-0.39, 0.29) is 5.91 Å². The molecule has 0 aliphatic heterocycles. The standard InChI is InChI=1S/C7H6BrN3O/c8-2-1-7(12)10-4-6-3-9-5-11-6/h3,5H,4H2,(H,9,11)(H,10,12). The Morgan fingerprint density at radius 2 is 2.67 bits per heavy atom. The van der Waals surface area contributed by atoms with Gasteiger partial charge in [0.1, 0.15) is 0 Å². The summed E-state index contributed by atoms with van der Waals surface area (Å²) in [5.41, 5.74) is 0.847. The van der Waals surface area contributed by atoms with Gasteiger partial charge in [-0.15, -0.1) is 0 Å². The second-order valence-electron chi connectivity index (χ2n) is 1.98. The SMILES string of the molecule is O=C(C#CBr)NCc1cnc[nH]1. The smallest absolute Gasteiger partial charge is 0.297 e. The zero-order chi connectivity index (χ0) is 8.81. The fraction of sp³-hybridized carbons (Fsp3) is 0.143. The molecule has 62 valence electrons. The first-order chi connectivity index (χ1) is 5.83. The zero-order valence-corrected chi connectivity index (χ0v) is 7.68. The predicted molar refractivity (Wildman–Crippen MR) is 47.1 cm³/mol. The fourth-order valence-corrected chi connectivity index (χ4v) is 0.824. The molecule has 2 N–H and O–H groups in total. The van der Waals surface area contributed by atoms with Crippen LogP contribution in [0, 0.1) is 10.8 Å². The Hall–Kier alpha value is -1.28. The average Bonchev–Trinajstić information content (AvgIpc) is 2.53. The van der Waals surface area contributed by atoms with Crippen LogP contribution in [0.5, 0.6) is 0 Å². The van der Waals surface area contributed by atoms with Crippen molar-refractivity contribution >= 4 is 21.8 Å². The van der Waals surface area contributed by atoms with Gasteiger partial charge in [-0.1, -0.05) is 0 Å². The van der Waals surface area contributed by atoms with Crippen molar-refractivity contribution in [2.45, 2.75) is 6.54 Å². The van der Waals surface area contributed by atoms with Gasteiger partial charge >= 0.3 is 0 Å². The quantitative estimate of drug-likeness (QED) is 0.719. The number of imidazole rings is 1. The average molecular weight is 228 g/mol. The molecule has 1 aromatic rings. The van der Waals surface area contributed by atoms with E-state index in [0.717, 1.165) is 5.69 Å². The number of hydrogen-bond donors (Lipinski definition) is 2. The van der Waals surface area contributed by atoms with E-state index in [1.54, 1.807) is 12.5 Å². The van der Waals surface area contributed by atoms with E-state index in [1.165, 1.54) is 0 Å². The lowest BCUT2D eigenvalue weighted by Crippen LogP contribution is -2.20. The van der Waals surface area contributed by atoms with Crippen molar-refractivity contribution in [1.29, 1.82) is 0 Å². The van der Waals surface area contributed by atoms with E-state index in [2.05, 4.69) is 42.0 Å². The maximum Gasteiger partial charge on any atom is 0.297 e. The minimum absolute atomic E-state index is 0.318. The molecular weight excluding hydrogens is 222 g/mol. The highest BCUT2D eigenvalue weighted by atomic mass is 79.9. The molecule has 1 heterocycles. The Morgan fingerprint density at radius 3 is 3.25 bits per heavy atom. The Bertz CT molecular complexity index is 309. The van der Waals surface area contributed by atoms with E-state index in [4.69, 9.17) is 0 Å². The summed E-state index contributed by atoms with van der Waals surface area (Å²) in [6.45, 7) is 0.417. The Balaban J connectivity index is 2.35. The summed E-state index contributed by atoms with van der Waals surface area (Å²) in [5.74, 6) is 1.97. The van der Waals surface area contributed by atoms with Crippen LogP contribution >= 0.6 is 15.9 Å². The van der Waals surface area contributed by atoms with Crippen LogP contribution in [0.4, 0.5) is 0 Å². The van der Waals surface area contributed by atoms with Gasteiger partial charge in [0.15, 0.2) is 0 Å². The second kappa shape index (κ2) is 4.57. The van der Waals surface area contributed by atoms with E-state index in [1.807, 2.05) is 0 Å². The first-order valence-electron chi connectivity index (χ1n) is 3.19. The van der Waals surface area contributed by atoms with Crippen LogP contribution in [0.1, 0.15) is 5.69 Å². The number of amides is 1. The van der Waals surface area contributed by atoms with Crippen molar-refractivity contribution in [3.05, 3.63) is 18.2 Å². The predicted octanol–water partition coefficient (Wildman–Crippen LogP) is 0.382. The number of rotatable bonds is 2. The van der Waals surface area contributed by atoms with Gasteiger partial charge in [0.2, 0.25) is 0 Å². The molecule has 0 aromatic carbocycles. The molecule has 1 amide bonds. The largest absolute Gasteiger partial charge is 0.347 e. The molecule has 0 bridgehead atoms. The van der Waals surface area contributed by atoms with Crippen molar-refractivity contribution in [2.75, 3.05) is 0 Å². The van der Waals surface area contributed by atoms with Gasteiger partial charge < -0.3 is 10.3 Å². The summed E-state index contributed by atoms with van der Waals surface area (Å²) in [7, 11) is 0. The number of hydrogen-bond acceptors (Lipinski definition) is 2. The molecule has 0 unspecified atom stereocenters. The Morgan fingerprint density at radius 1 is 1.83 bits per heavy atom. The van der Waals surface area contributed by atoms with Gasteiger partial charge in [0, 0.05) is 28.0 Å². The van der Waals surface area contributed by atoms with Crippen LogP contribution in [-0.4, -0.2) is 15.9 Å². The summed E-state index contributed by atoms with van der Waals surface area (Å²) in [4.78, 5) is 19.8. The topological polar surface area (TPSA) is 57.8 Å². The van der Waals surface area contributed by atoms with E-state index < -0.39 is 0 Å². The number of nitrogens with one attached hydrogen (secondary N) is 2. The number of aromatic nitrogens is 2. The molecule has 1 aromatic heterocycles. The highest BCUT2D eigenvalue weighted by Crippen LogP contribution is 1.88. The van der Waals surface area contributed by atoms with Crippen LogP contribution in [-0.2, 0) is 11.3 Å². The maximum atomic E-state index is 10.8. The maximum absolute atomic E-state index is 10.8. The molecule has 4 nitrogen and oxygen atoms in total. The van der Waals surface area contributed by atoms with Gasteiger partial charge in [-0.2, -0.15) is 0 Å². The molecule has 1 rings (SSSR count). The summed E-state index contributed by atoms with van der Waals surface area (Å²) in [6, 6.07) is 0. The number of carbonyl (C=O) groups is 1. The lowest BCUT2D eigenvalue weighted by Gasteiger charge is -1.95. The molecule has 12 heavy (non-hydrogen) atoms. The number of aromatic amines is 1. The van der Waals surface area contributed by atoms with Crippen molar-refractivity contribution in [3.8, 4) is 10.8 Å². The lowest BCUT2D eigenvalue weighted by molar-refractivity contribution is -0.115. The van der Waals surface area contributed by atoms with E-state index in [9.17, 15) is 4.79 Å². The van der Waals surface area contributed by atoms with Gasteiger partial charge in [0.25, 0.3) is 5.91 Å². The van der Waals surface area contributed by atoms with Crippen molar-refractivity contribution in [2.24, 2.45) is 0 Å². The Kier molecular flexibility index (Phi) is 3.35. The summed E-state index contributed by atoms with van der Waals surface area (Å²) in [6.07, 6.45) is 3.19. The number of carbonyl (C=O) groups excluding carboxylic acids is 1. The molecular formula is C7H6BrN3O. The van der Waals surface area contributed by atoms with Crippen LogP contribution in [0.3, 0.4) is 0 Å². The molecule has 0 radical (unpaired) electrons. The first kappa shape index (κ1) is 8.81. The Labute approximate surface area is 77.9 Å². The third kappa shape index (κ3) is 2.76. The minimum Gasteiger partial charge on any atom is -0.347 e. The minimum atomic E-state index is -0.318. The van der Waals surface area contributed by atoms with Gasteiger partial charge in [-0.25, -0.2) is 4.98 Å². The van der Waals surface area contributed by atoms with Crippen LogP contribution in [0.25, 0.3) is 0 Å². The van der Waals surface area contributed by atoms with Crippen LogP contribution in [0.15, 0.2) is 12.5 Å². The molecule has 0 fully saturated rings. The molecule has 0 spiro atoms. The summed E-state index contributed by atoms with van der Waals surface area (Å²) < 4.78 is 0. The first-order valence-corrected chi connectivity index (χ1v) is 3.99. The fourth-order valence-electron chi connectivity index (χ4n) is 0.644. The molecule has 0 saturated heterocycles. The van der Waals surface area contributed by atoms with Gasteiger partial charge in [-0.05, 0) is 4.83 Å². The molecule has 5 heteroatoms. The normalized spacial score (nSPS) is 8.42. The highest BCUT2D eigenvalue weighted by molar-refractivity contribution is 9.12. The molecule has 0 atom stereocenters. The van der Waals surface area contributed by atoms with Crippen molar-refractivity contribution in [1.82, 2.24) is 15.3 Å². The lowest BCUT2D eigenvalue weighted by atomic mass is 10.4. The number of H-pyrrole nitrogens is 1.